The average Bonchev–Trinajstić information content (AvgIpc) is 2.70. The maximum atomic E-state index is 9.13. The number of halogens is 2. The minimum atomic E-state index is 0.0146. The van der Waals surface area contributed by atoms with Gasteiger partial charge in [-0.15, -0.1) is 0 Å². The van der Waals surface area contributed by atoms with Crippen molar-refractivity contribution >= 4 is 27.5 Å². The van der Waals surface area contributed by atoms with Crippen LogP contribution in [-0.4, -0.2) is 9.67 Å². The van der Waals surface area contributed by atoms with Gasteiger partial charge in [0, 0.05) is 22.1 Å². The Kier molecular flexibility index (Phi) is 3.14. The van der Waals surface area contributed by atoms with Crippen LogP contribution in [0.3, 0.4) is 0 Å². The Balaban J connectivity index is 2.50. The van der Waals surface area contributed by atoms with Crippen LogP contribution < -0.4 is 0 Å². The van der Waals surface area contributed by atoms with Gasteiger partial charge >= 0.3 is 0 Å². The van der Waals surface area contributed by atoms with Gasteiger partial charge in [0.2, 0.25) is 0 Å². The van der Waals surface area contributed by atoms with Crippen LogP contribution >= 0.6 is 27.5 Å². The number of hydrogen-bond donors (Lipinski definition) is 1. The molecule has 0 amide bonds. The predicted octanol–water partition coefficient (Wildman–Crippen LogP) is 3.39. The zero-order valence-electron chi connectivity index (χ0n) is 7.82. The number of aromatic nitrogens is 1. The first-order valence-corrected chi connectivity index (χ1v) is 5.62. The highest BCUT2D eigenvalue weighted by Crippen LogP contribution is 2.25. The van der Waals surface area contributed by atoms with Crippen LogP contribution in [0.2, 0.25) is 5.02 Å². The summed E-state index contributed by atoms with van der Waals surface area (Å²) in [5.74, 6) is 0. The molecule has 2 nitrogen and oxygen atoms in total. The van der Waals surface area contributed by atoms with Crippen molar-refractivity contribution in [3.8, 4) is 5.69 Å². The molecule has 0 saturated carbocycles. The molecule has 0 spiro atoms. The molecule has 0 saturated heterocycles. The summed E-state index contributed by atoms with van der Waals surface area (Å²) in [5, 5.41) is 9.79. The third-order valence-electron chi connectivity index (χ3n) is 2.18. The van der Waals surface area contributed by atoms with Crippen molar-refractivity contribution in [2.75, 3.05) is 0 Å². The van der Waals surface area contributed by atoms with Gasteiger partial charge in [-0.3, -0.25) is 0 Å². The van der Waals surface area contributed by atoms with E-state index in [4.69, 9.17) is 16.7 Å². The Hall–Kier alpha value is -0.770. The molecule has 0 aliphatic rings. The lowest BCUT2D eigenvalue weighted by molar-refractivity contribution is 0.274. The molecular formula is C11H9BrClNO. The summed E-state index contributed by atoms with van der Waals surface area (Å²) in [6.45, 7) is 0.0146. The van der Waals surface area contributed by atoms with Gasteiger partial charge < -0.3 is 9.67 Å². The van der Waals surface area contributed by atoms with E-state index in [2.05, 4.69) is 15.9 Å². The SMILES string of the molecule is OCc1cccn1-c1ccc(Br)c(Cl)c1. The van der Waals surface area contributed by atoms with Crippen molar-refractivity contribution in [1.82, 2.24) is 4.57 Å². The van der Waals surface area contributed by atoms with Crippen molar-refractivity contribution in [3.05, 3.63) is 51.7 Å². The molecule has 15 heavy (non-hydrogen) atoms. The molecule has 0 radical (unpaired) electrons. The van der Waals surface area contributed by atoms with Crippen LogP contribution in [0, 0.1) is 0 Å². The second-order valence-corrected chi connectivity index (χ2v) is 4.39. The van der Waals surface area contributed by atoms with Crippen LogP contribution in [0.1, 0.15) is 5.69 Å². The number of nitrogens with zero attached hydrogens (tertiary/aromatic N) is 1. The Morgan fingerprint density at radius 3 is 2.80 bits per heavy atom. The van der Waals surface area contributed by atoms with E-state index in [1.54, 1.807) is 0 Å². The Bertz CT molecular complexity index is 481. The van der Waals surface area contributed by atoms with Crippen molar-refractivity contribution in [2.45, 2.75) is 6.61 Å². The summed E-state index contributed by atoms with van der Waals surface area (Å²) in [5.41, 5.74) is 1.78. The third kappa shape index (κ3) is 2.09. The minimum absolute atomic E-state index is 0.0146. The van der Waals surface area contributed by atoms with E-state index in [0.29, 0.717) is 5.02 Å². The summed E-state index contributed by atoms with van der Waals surface area (Å²) in [4.78, 5) is 0. The lowest BCUT2D eigenvalue weighted by Crippen LogP contribution is -1.98. The smallest absolute Gasteiger partial charge is 0.0836 e. The van der Waals surface area contributed by atoms with Gasteiger partial charge in [0.25, 0.3) is 0 Å². The first kappa shape index (κ1) is 10.7. The quantitative estimate of drug-likeness (QED) is 0.899. The standard InChI is InChI=1S/C11H9BrClNO/c12-10-4-3-8(6-11(10)13)14-5-1-2-9(14)7-15/h1-6,15H,7H2. The average molecular weight is 287 g/mol. The highest BCUT2D eigenvalue weighted by atomic mass is 79.9. The topological polar surface area (TPSA) is 25.2 Å². The normalized spacial score (nSPS) is 10.6. The Labute approximate surface area is 101 Å². The molecule has 0 aliphatic heterocycles. The van der Waals surface area contributed by atoms with Gasteiger partial charge in [-0.25, -0.2) is 0 Å². The fourth-order valence-electron chi connectivity index (χ4n) is 1.43. The largest absolute Gasteiger partial charge is 0.390 e. The molecule has 1 N–H and O–H groups in total. The van der Waals surface area contributed by atoms with Gasteiger partial charge in [0.05, 0.1) is 11.6 Å². The molecule has 0 atom stereocenters. The van der Waals surface area contributed by atoms with Crippen LogP contribution in [0.5, 0.6) is 0 Å². The summed E-state index contributed by atoms with van der Waals surface area (Å²) >= 11 is 9.34. The molecule has 2 aromatic rings. The van der Waals surface area contributed by atoms with Crippen molar-refractivity contribution in [3.63, 3.8) is 0 Å². The number of rotatable bonds is 2. The summed E-state index contributed by atoms with van der Waals surface area (Å²) < 4.78 is 2.77. The first-order chi connectivity index (χ1) is 7.22. The molecule has 0 bridgehead atoms. The molecule has 1 heterocycles. The zero-order valence-corrected chi connectivity index (χ0v) is 10.2. The molecular weight excluding hydrogens is 277 g/mol. The molecule has 0 unspecified atom stereocenters. The second kappa shape index (κ2) is 4.39. The zero-order chi connectivity index (χ0) is 10.8. The van der Waals surface area contributed by atoms with Gasteiger partial charge in [0.15, 0.2) is 0 Å². The molecule has 1 aromatic heterocycles. The van der Waals surface area contributed by atoms with Gasteiger partial charge in [-0.2, -0.15) is 0 Å². The predicted molar refractivity (Wildman–Crippen MR) is 64.4 cm³/mol. The molecule has 2 rings (SSSR count). The highest BCUT2D eigenvalue weighted by Gasteiger charge is 2.04. The van der Waals surface area contributed by atoms with E-state index in [9.17, 15) is 0 Å². The van der Waals surface area contributed by atoms with Gasteiger partial charge in [-0.1, -0.05) is 11.6 Å². The second-order valence-electron chi connectivity index (χ2n) is 3.13. The monoisotopic (exact) mass is 285 g/mol. The van der Waals surface area contributed by atoms with Crippen molar-refractivity contribution in [2.24, 2.45) is 0 Å². The lowest BCUT2D eigenvalue weighted by atomic mass is 10.3. The minimum Gasteiger partial charge on any atom is -0.390 e. The third-order valence-corrected chi connectivity index (χ3v) is 3.41. The van der Waals surface area contributed by atoms with Crippen molar-refractivity contribution < 1.29 is 5.11 Å². The summed E-state index contributed by atoms with van der Waals surface area (Å²) in [6.07, 6.45) is 1.89. The van der Waals surface area contributed by atoms with E-state index in [1.165, 1.54) is 0 Å². The highest BCUT2D eigenvalue weighted by molar-refractivity contribution is 9.10. The summed E-state index contributed by atoms with van der Waals surface area (Å²) in [7, 11) is 0. The number of aliphatic hydroxyl groups excluding tert-OH is 1. The van der Waals surface area contributed by atoms with E-state index in [1.807, 2.05) is 41.1 Å². The maximum absolute atomic E-state index is 9.13. The van der Waals surface area contributed by atoms with Crippen LogP contribution in [-0.2, 0) is 6.61 Å². The number of aliphatic hydroxyl groups is 1. The fourth-order valence-corrected chi connectivity index (χ4v) is 1.85. The molecule has 0 aliphatic carbocycles. The van der Waals surface area contributed by atoms with Crippen LogP contribution in [0.25, 0.3) is 5.69 Å². The first-order valence-electron chi connectivity index (χ1n) is 4.45. The van der Waals surface area contributed by atoms with Gasteiger partial charge in [-0.05, 0) is 46.3 Å². The molecule has 0 fully saturated rings. The molecule has 4 heteroatoms. The van der Waals surface area contributed by atoms with E-state index in [-0.39, 0.29) is 6.61 Å². The fraction of sp³-hybridized carbons (Fsp3) is 0.0909. The number of hydrogen-bond acceptors (Lipinski definition) is 1. The lowest BCUT2D eigenvalue weighted by Gasteiger charge is -2.08. The van der Waals surface area contributed by atoms with Crippen LogP contribution in [0.15, 0.2) is 41.0 Å². The van der Waals surface area contributed by atoms with E-state index in [0.717, 1.165) is 15.9 Å². The Morgan fingerprint density at radius 1 is 1.33 bits per heavy atom. The summed E-state index contributed by atoms with van der Waals surface area (Å²) in [6, 6.07) is 9.44. The molecule has 78 valence electrons. The number of benzene rings is 1. The van der Waals surface area contributed by atoms with Crippen LogP contribution in [0.4, 0.5) is 0 Å². The Morgan fingerprint density at radius 2 is 2.13 bits per heavy atom. The van der Waals surface area contributed by atoms with Crippen molar-refractivity contribution in [1.29, 1.82) is 0 Å². The maximum Gasteiger partial charge on any atom is 0.0836 e. The molecule has 1 aromatic carbocycles. The van der Waals surface area contributed by atoms with E-state index >= 15 is 0 Å². The van der Waals surface area contributed by atoms with Gasteiger partial charge in [0.1, 0.15) is 0 Å². The van der Waals surface area contributed by atoms with E-state index < -0.39 is 0 Å².